The van der Waals surface area contributed by atoms with Crippen molar-refractivity contribution in [2.75, 3.05) is 19.6 Å². The predicted octanol–water partition coefficient (Wildman–Crippen LogP) is 0.971. The minimum atomic E-state index is -3.21. The SMILES string of the molecule is CCCNCC(C)S(=O)(=O)NCCCCn1ccnc1. The van der Waals surface area contributed by atoms with Gasteiger partial charge in [0.1, 0.15) is 0 Å². The number of hydrogen-bond donors (Lipinski definition) is 2. The summed E-state index contributed by atoms with van der Waals surface area (Å²) in [6.45, 7) is 6.51. The number of aromatic nitrogens is 2. The number of imidazole rings is 1. The first-order chi connectivity index (χ1) is 9.56. The van der Waals surface area contributed by atoms with Gasteiger partial charge in [0, 0.05) is 32.0 Å². The van der Waals surface area contributed by atoms with E-state index in [9.17, 15) is 8.42 Å². The van der Waals surface area contributed by atoms with Gasteiger partial charge in [-0.1, -0.05) is 6.92 Å². The second kappa shape index (κ2) is 9.10. The molecule has 1 atom stereocenters. The molecule has 116 valence electrons. The molecule has 0 aromatic carbocycles. The highest BCUT2D eigenvalue weighted by Crippen LogP contribution is 1.99. The van der Waals surface area contributed by atoms with E-state index < -0.39 is 15.3 Å². The second-order valence-corrected chi connectivity index (χ2v) is 7.15. The molecule has 0 spiro atoms. The third-order valence-electron chi connectivity index (χ3n) is 3.09. The first kappa shape index (κ1) is 17.1. The Bertz CT molecular complexity index is 445. The number of aryl methyl sites for hydroxylation is 1. The first-order valence-electron chi connectivity index (χ1n) is 7.21. The molecule has 0 saturated heterocycles. The number of rotatable bonds is 11. The van der Waals surface area contributed by atoms with Gasteiger partial charge >= 0.3 is 0 Å². The average molecular weight is 302 g/mol. The zero-order valence-corrected chi connectivity index (χ0v) is 13.2. The molecule has 1 heterocycles. The van der Waals surface area contributed by atoms with Crippen molar-refractivity contribution in [3.8, 4) is 0 Å². The Morgan fingerprint density at radius 2 is 2.10 bits per heavy atom. The first-order valence-corrected chi connectivity index (χ1v) is 8.76. The molecule has 0 fully saturated rings. The van der Waals surface area contributed by atoms with Gasteiger partial charge in [0.15, 0.2) is 0 Å². The lowest BCUT2D eigenvalue weighted by molar-refractivity contribution is 0.547. The summed E-state index contributed by atoms with van der Waals surface area (Å²) in [7, 11) is -3.21. The molecule has 0 aliphatic heterocycles. The largest absolute Gasteiger partial charge is 0.337 e. The quantitative estimate of drug-likeness (QED) is 0.597. The van der Waals surface area contributed by atoms with E-state index in [1.165, 1.54) is 0 Å². The van der Waals surface area contributed by atoms with E-state index in [1.54, 1.807) is 19.4 Å². The molecule has 2 N–H and O–H groups in total. The van der Waals surface area contributed by atoms with E-state index >= 15 is 0 Å². The highest BCUT2D eigenvalue weighted by Gasteiger charge is 2.19. The van der Waals surface area contributed by atoms with Gasteiger partial charge in [-0.2, -0.15) is 0 Å². The van der Waals surface area contributed by atoms with E-state index in [1.807, 2.05) is 10.8 Å². The highest BCUT2D eigenvalue weighted by molar-refractivity contribution is 7.90. The molecule has 0 aliphatic rings. The highest BCUT2D eigenvalue weighted by atomic mass is 32.2. The van der Waals surface area contributed by atoms with Gasteiger partial charge in [-0.3, -0.25) is 0 Å². The number of sulfonamides is 1. The molecular formula is C13H26N4O2S. The van der Waals surface area contributed by atoms with E-state index in [0.717, 1.165) is 32.4 Å². The van der Waals surface area contributed by atoms with Crippen LogP contribution in [-0.4, -0.2) is 42.9 Å². The molecule has 7 heteroatoms. The van der Waals surface area contributed by atoms with Gasteiger partial charge in [-0.05, 0) is 32.7 Å². The van der Waals surface area contributed by atoms with Crippen LogP contribution in [0.1, 0.15) is 33.1 Å². The molecule has 0 saturated carbocycles. The number of nitrogens with zero attached hydrogens (tertiary/aromatic N) is 2. The fraction of sp³-hybridized carbons (Fsp3) is 0.769. The summed E-state index contributed by atoms with van der Waals surface area (Å²) in [4.78, 5) is 3.96. The lowest BCUT2D eigenvalue weighted by Gasteiger charge is -2.14. The molecular weight excluding hydrogens is 276 g/mol. The fourth-order valence-electron chi connectivity index (χ4n) is 1.79. The van der Waals surface area contributed by atoms with Gasteiger partial charge in [-0.25, -0.2) is 18.1 Å². The molecule has 1 rings (SSSR count). The molecule has 0 radical (unpaired) electrons. The minimum absolute atomic E-state index is 0.400. The van der Waals surface area contributed by atoms with Crippen LogP contribution in [-0.2, 0) is 16.6 Å². The van der Waals surface area contributed by atoms with Crippen LogP contribution in [0.3, 0.4) is 0 Å². The summed E-state index contributed by atoms with van der Waals surface area (Å²) in [6.07, 6.45) is 8.19. The zero-order chi connectivity index (χ0) is 14.8. The van der Waals surface area contributed by atoms with Crippen molar-refractivity contribution >= 4 is 10.0 Å². The van der Waals surface area contributed by atoms with E-state index in [2.05, 4.69) is 21.9 Å². The summed E-state index contributed by atoms with van der Waals surface area (Å²) >= 11 is 0. The summed E-state index contributed by atoms with van der Waals surface area (Å²) in [5.41, 5.74) is 0. The maximum Gasteiger partial charge on any atom is 0.215 e. The van der Waals surface area contributed by atoms with Gasteiger partial charge in [0.05, 0.1) is 11.6 Å². The van der Waals surface area contributed by atoms with E-state index in [0.29, 0.717) is 13.1 Å². The number of unbranched alkanes of at least 4 members (excludes halogenated alkanes) is 1. The molecule has 20 heavy (non-hydrogen) atoms. The lowest BCUT2D eigenvalue weighted by atomic mass is 10.3. The maximum atomic E-state index is 12.0. The molecule has 1 unspecified atom stereocenters. The molecule has 6 nitrogen and oxygen atoms in total. The lowest BCUT2D eigenvalue weighted by Crippen LogP contribution is -2.39. The minimum Gasteiger partial charge on any atom is -0.337 e. The Morgan fingerprint density at radius 3 is 2.75 bits per heavy atom. The van der Waals surface area contributed by atoms with Crippen molar-refractivity contribution in [2.45, 2.75) is 44.9 Å². The summed E-state index contributed by atoms with van der Waals surface area (Å²) < 4.78 is 28.6. The molecule has 1 aromatic rings. The molecule has 0 bridgehead atoms. The Kier molecular flexibility index (Phi) is 7.79. The maximum absolute atomic E-state index is 12.0. The van der Waals surface area contributed by atoms with Gasteiger partial charge in [-0.15, -0.1) is 0 Å². The molecule has 0 amide bonds. The summed E-state index contributed by atoms with van der Waals surface area (Å²) in [6, 6.07) is 0. The summed E-state index contributed by atoms with van der Waals surface area (Å²) in [5, 5.41) is 2.73. The smallest absolute Gasteiger partial charge is 0.215 e. The Hall–Kier alpha value is -0.920. The Morgan fingerprint density at radius 1 is 1.30 bits per heavy atom. The van der Waals surface area contributed by atoms with Crippen molar-refractivity contribution in [2.24, 2.45) is 0 Å². The monoisotopic (exact) mass is 302 g/mol. The van der Waals surface area contributed by atoms with Crippen LogP contribution in [0.4, 0.5) is 0 Å². The van der Waals surface area contributed by atoms with Crippen LogP contribution in [0.25, 0.3) is 0 Å². The Labute approximate surface area is 122 Å². The van der Waals surface area contributed by atoms with Gasteiger partial charge in [0.2, 0.25) is 10.0 Å². The Balaban J connectivity index is 2.15. The molecule has 1 aromatic heterocycles. The third-order valence-corrected chi connectivity index (χ3v) is 4.93. The number of nitrogens with one attached hydrogen (secondary N) is 2. The second-order valence-electron chi connectivity index (χ2n) is 4.96. The van der Waals surface area contributed by atoms with E-state index in [4.69, 9.17) is 0 Å². The topological polar surface area (TPSA) is 76.0 Å². The van der Waals surface area contributed by atoms with Crippen LogP contribution < -0.4 is 10.0 Å². The third kappa shape index (κ3) is 6.49. The van der Waals surface area contributed by atoms with Crippen molar-refractivity contribution in [1.29, 1.82) is 0 Å². The predicted molar refractivity (Wildman–Crippen MR) is 81.0 cm³/mol. The fourth-order valence-corrected chi connectivity index (χ4v) is 2.84. The van der Waals surface area contributed by atoms with Crippen molar-refractivity contribution in [1.82, 2.24) is 19.6 Å². The standard InChI is InChI=1S/C13H26N4O2S/c1-3-6-14-11-13(2)20(18,19)16-7-4-5-9-17-10-8-15-12-17/h8,10,12-14,16H,3-7,9,11H2,1-2H3. The van der Waals surface area contributed by atoms with Crippen LogP contribution >= 0.6 is 0 Å². The summed E-state index contributed by atoms with van der Waals surface area (Å²) in [5.74, 6) is 0. The number of hydrogen-bond acceptors (Lipinski definition) is 4. The van der Waals surface area contributed by atoms with E-state index in [-0.39, 0.29) is 0 Å². The van der Waals surface area contributed by atoms with Crippen molar-refractivity contribution in [3.63, 3.8) is 0 Å². The van der Waals surface area contributed by atoms with Crippen LogP contribution in [0.15, 0.2) is 18.7 Å². The van der Waals surface area contributed by atoms with Crippen LogP contribution in [0.5, 0.6) is 0 Å². The normalized spacial score (nSPS) is 13.5. The van der Waals surface area contributed by atoms with Crippen molar-refractivity contribution in [3.05, 3.63) is 18.7 Å². The van der Waals surface area contributed by atoms with Crippen LogP contribution in [0, 0.1) is 0 Å². The van der Waals surface area contributed by atoms with Crippen molar-refractivity contribution < 1.29 is 8.42 Å². The average Bonchev–Trinajstić information content (AvgIpc) is 2.91. The van der Waals surface area contributed by atoms with Gasteiger partial charge in [0.25, 0.3) is 0 Å². The molecule has 0 aliphatic carbocycles. The van der Waals surface area contributed by atoms with Crippen LogP contribution in [0.2, 0.25) is 0 Å². The van der Waals surface area contributed by atoms with Gasteiger partial charge < -0.3 is 9.88 Å². The zero-order valence-electron chi connectivity index (χ0n) is 12.4.